The van der Waals surface area contributed by atoms with E-state index in [0.717, 1.165) is 12.8 Å². The molecular weight excluding hydrogens is 330 g/mol. The molecule has 4 N–H and O–H groups in total. The van der Waals surface area contributed by atoms with Crippen molar-refractivity contribution in [1.29, 1.82) is 0 Å². The Morgan fingerprint density at radius 2 is 0.909 bits per heavy atom. The normalized spacial score (nSPS) is 22.5. The summed E-state index contributed by atoms with van der Waals surface area (Å²) in [5.41, 5.74) is 7.12. The molecule has 1 fully saturated rings. The van der Waals surface area contributed by atoms with Crippen LogP contribution in [0.25, 0.3) is 0 Å². The van der Waals surface area contributed by atoms with Crippen molar-refractivity contribution in [2.24, 2.45) is 16.6 Å². The minimum absolute atomic E-state index is 0.0469. The molecule has 0 amide bonds. The first-order valence-corrected chi connectivity index (χ1v) is 10.5. The molecule has 9 heteroatoms. The maximum absolute atomic E-state index is 9.19. The highest BCUT2D eigenvalue weighted by molar-refractivity contribution is 7.85. The first-order chi connectivity index (χ1) is 9.12. The summed E-state index contributed by atoms with van der Waals surface area (Å²) in [5.74, 6) is 0. The Balaban J connectivity index is 0. The molecule has 0 aromatic heterocycles. The molecule has 0 atom stereocenters. The van der Waals surface area contributed by atoms with E-state index >= 15 is 0 Å². The Bertz CT molecular complexity index is 456. The second kappa shape index (κ2) is 7.57. The van der Waals surface area contributed by atoms with Gasteiger partial charge in [0.05, 0.1) is 12.5 Å². The summed E-state index contributed by atoms with van der Waals surface area (Å²) in [6.07, 6.45) is 5.04. The van der Waals surface area contributed by atoms with Crippen molar-refractivity contribution in [2.75, 3.05) is 12.5 Å². The summed E-state index contributed by atoms with van der Waals surface area (Å²) >= 11 is 0. The van der Waals surface area contributed by atoms with Gasteiger partial charge in [-0.2, -0.15) is 16.8 Å². The highest BCUT2D eigenvalue weighted by Crippen LogP contribution is 2.48. The maximum atomic E-state index is 9.19. The van der Waals surface area contributed by atoms with E-state index in [2.05, 4.69) is 34.6 Å². The average Bonchev–Trinajstić information content (AvgIpc) is 1.82. The van der Waals surface area contributed by atoms with Gasteiger partial charge in [-0.1, -0.05) is 27.7 Å². The van der Waals surface area contributed by atoms with Gasteiger partial charge < -0.3 is 5.73 Å². The van der Waals surface area contributed by atoms with Gasteiger partial charge in [0, 0.05) is 5.54 Å². The Kier molecular flexibility index (Phi) is 8.27. The van der Waals surface area contributed by atoms with Crippen LogP contribution in [0.2, 0.25) is 0 Å². The highest BCUT2D eigenvalue weighted by atomic mass is 32.2. The van der Waals surface area contributed by atoms with Gasteiger partial charge in [-0.05, 0) is 37.0 Å². The van der Waals surface area contributed by atoms with Crippen LogP contribution in [0.3, 0.4) is 0 Å². The predicted molar refractivity (Wildman–Crippen MR) is 89.0 cm³/mol. The van der Waals surface area contributed by atoms with Gasteiger partial charge in [0.15, 0.2) is 0 Å². The lowest BCUT2D eigenvalue weighted by molar-refractivity contribution is 0.0574. The van der Waals surface area contributed by atoms with Crippen LogP contribution < -0.4 is 5.73 Å². The zero-order chi connectivity index (χ0) is 18.6. The maximum Gasteiger partial charge on any atom is 0.261 e. The number of nitrogens with two attached hydrogens (primary N) is 1. The van der Waals surface area contributed by atoms with Crippen molar-refractivity contribution >= 4 is 20.2 Å². The minimum Gasteiger partial charge on any atom is -0.325 e. The molecule has 0 spiro atoms. The molecule has 0 aliphatic heterocycles. The second-order valence-electron chi connectivity index (χ2n) is 7.98. The van der Waals surface area contributed by atoms with E-state index in [1.54, 1.807) is 0 Å². The quantitative estimate of drug-likeness (QED) is 0.561. The Morgan fingerprint density at radius 1 is 0.727 bits per heavy atom. The zero-order valence-electron chi connectivity index (χ0n) is 14.5. The smallest absolute Gasteiger partial charge is 0.261 e. The van der Waals surface area contributed by atoms with Gasteiger partial charge >= 0.3 is 0 Å². The van der Waals surface area contributed by atoms with Gasteiger partial charge in [0.2, 0.25) is 0 Å². The molecule has 1 aliphatic rings. The van der Waals surface area contributed by atoms with Crippen LogP contribution in [-0.2, 0) is 20.2 Å². The van der Waals surface area contributed by atoms with Crippen molar-refractivity contribution < 1.29 is 25.9 Å². The molecule has 0 unspecified atom stereocenters. The molecule has 1 aliphatic carbocycles. The first kappa shape index (κ1) is 24.0. The van der Waals surface area contributed by atoms with Crippen molar-refractivity contribution in [2.45, 2.75) is 59.4 Å². The average molecular weight is 362 g/mol. The van der Waals surface area contributed by atoms with E-state index in [-0.39, 0.29) is 5.54 Å². The van der Waals surface area contributed by atoms with Gasteiger partial charge in [-0.15, -0.1) is 0 Å². The van der Waals surface area contributed by atoms with Crippen LogP contribution >= 0.6 is 0 Å². The van der Waals surface area contributed by atoms with E-state index in [1.165, 1.54) is 6.42 Å². The van der Waals surface area contributed by atoms with Crippen molar-refractivity contribution in [1.82, 2.24) is 0 Å². The van der Waals surface area contributed by atoms with E-state index < -0.39 is 20.2 Å². The lowest BCUT2D eigenvalue weighted by Crippen LogP contribution is -2.49. The van der Waals surface area contributed by atoms with Gasteiger partial charge in [0.25, 0.3) is 20.2 Å². The molecule has 0 aromatic carbocycles. The monoisotopic (exact) mass is 361 g/mol. The van der Waals surface area contributed by atoms with Crippen molar-refractivity contribution in [3.8, 4) is 0 Å². The number of rotatable bonds is 0. The Labute approximate surface area is 135 Å². The first-order valence-electron chi connectivity index (χ1n) is 6.76. The molecule has 0 radical (unpaired) electrons. The van der Waals surface area contributed by atoms with Crippen LogP contribution in [0, 0.1) is 10.8 Å². The molecule has 7 nitrogen and oxygen atoms in total. The zero-order valence-corrected chi connectivity index (χ0v) is 16.2. The van der Waals surface area contributed by atoms with Crippen molar-refractivity contribution in [3.05, 3.63) is 0 Å². The standard InChI is InChI=1S/C11H23N.2CH4O3S/c1-9(2)6-10(3,4)8-11(5,12)7-9;2*1-5(2,3)4/h6-8,12H2,1-5H3;2*1H3,(H,2,3,4). The van der Waals surface area contributed by atoms with Crippen LogP contribution in [0.15, 0.2) is 0 Å². The fraction of sp³-hybridized carbons (Fsp3) is 1.00. The van der Waals surface area contributed by atoms with Gasteiger partial charge in [-0.3, -0.25) is 9.11 Å². The van der Waals surface area contributed by atoms with E-state index in [0.29, 0.717) is 23.3 Å². The summed E-state index contributed by atoms with van der Waals surface area (Å²) in [4.78, 5) is 0. The predicted octanol–water partition coefficient (Wildman–Crippen LogP) is 1.95. The van der Waals surface area contributed by atoms with Crippen LogP contribution in [0.1, 0.15) is 53.9 Å². The van der Waals surface area contributed by atoms with Crippen molar-refractivity contribution in [3.63, 3.8) is 0 Å². The van der Waals surface area contributed by atoms with Crippen LogP contribution in [-0.4, -0.2) is 44.0 Å². The molecule has 1 rings (SSSR count). The number of hydrogen-bond donors (Lipinski definition) is 3. The minimum atomic E-state index is -3.67. The molecule has 1 saturated carbocycles. The summed E-state index contributed by atoms with van der Waals surface area (Å²) in [7, 11) is -7.33. The van der Waals surface area contributed by atoms with Crippen LogP contribution in [0.5, 0.6) is 0 Å². The summed E-state index contributed by atoms with van der Waals surface area (Å²) in [5, 5.41) is 0. The summed E-state index contributed by atoms with van der Waals surface area (Å²) in [6, 6.07) is 0. The Morgan fingerprint density at radius 3 is 1.05 bits per heavy atom. The number of hydrogen-bond acceptors (Lipinski definition) is 5. The fourth-order valence-corrected chi connectivity index (χ4v) is 3.67. The largest absolute Gasteiger partial charge is 0.325 e. The van der Waals surface area contributed by atoms with E-state index in [1.807, 2.05) is 0 Å². The second-order valence-corrected chi connectivity index (χ2v) is 10.9. The molecule has 0 saturated heterocycles. The summed E-state index contributed by atoms with van der Waals surface area (Å²) in [6.45, 7) is 11.5. The van der Waals surface area contributed by atoms with E-state index in [4.69, 9.17) is 14.8 Å². The Hall–Kier alpha value is -0.220. The third kappa shape index (κ3) is 22.1. The fourth-order valence-electron chi connectivity index (χ4n) is 3.67. The molecule has 0 aromatic rings. The molecule has 136 valence electrons. The lowest BCUT2D eigenvalue weighted by atomic mass is 9.59. The van der Waals surface area contributed by atoms with E-state index in [9.17, 15) is 16.8 Å². The topological polar surface area (TPSA) is 135 Å². The third-order valence-electron chi connectivity index (χ3n) is 2.72. The van der Waals surface area contributed by atoms with Gasteiger partial charge in [0.1, 0.15) is 0 Å². The highest BCUT2D eigenvalue weighted by Gasteiger charge is 2.42. The van der Waals surface area contributed by atoms with Crippen LogP contribution in [0.4, 0.5) is 0 Å². The molecule has 0 heterocycles. The summed E-state index contributed by atoms with van der Waals surface area (Å²) < 4.78 is 51.7. The third-order valence-corrected chi connectivity index (χ3v) is 2.72. The van der Waals surface area contributed by atoms with Gasteiger partial charge in [-0.25, -0.2) is 0 Å². The SMILES string of the molecule is CC1(C)CC(C)(C)CC(C)(N)C1.CS(=O)(=O)O.CS(=O)(=O)O. The molecule has 0 bridgehead atoms. The molecule has 22 heavy (non-hydrogen) atoms. The lowest BCUT2D eigenvalue weighted by Gasteiger charge is -2.49. The molecular formula is C13H31NO6S2.